The molecule has 0 bridgehead atoms. The molecule has 59 heavy (non-hydrogen) atoms. The van der Waals surface area contributed by atoms with E-state index in [0.717, 1.165) is 81.1 Å². The third-order valence-corrected chi connectivity index (χ3v) is 13.2. The van der Waals surface area contributed by atoms with E-state index in [1.807, 2.05) is 70.2 Å². The van der Waals surface area contributed by atoms with Crippen molar-refractivity contribution in [3.63, 3.8) is 0 Å². The second-order valence-corrected chi connectivity index (χ2v) is 17.9. The molecule has 1 aromatic heterocycles. The third-order valence-electron chi connectivity index (χ3n) is 12.9. The van der Waals surface area contributed by atoms with E-state index in [0.29, 0.717) is 39.6 Å². The van der Waals surface area contributed by atoms with Crippen molar-refractivity contribution in [3.8, 4) is 11.8 Å². The number of nitrogens with zero attached hydrogens (tertiary/aromatic N) is 6. The number of aromatic nitrogens is 1. The van der Waals surface area contributed by atoms with Crippen LogP contribution in [0.25, 0.3) is 10.8 Å². The highest BCUT2D eigenvalue weighted by molar-refractivity contribution is 6.31. The van der Waals surface area contributed by atoms with Crippen LogP contribution in [0.3, 0.4) is 0 Å². The van der Waals surface area contributed by atoms with Crippen molar-refractivity contribution in [2.45, 2.75) is 65.5 Å². The van der Waals surface area contributed by atoms with E-state index in [1.165, 1.54) is 4.57 Å². The van der Waals surface area contributed by atoms with Crippen LogP contribution in [0, 0.1) is 28.1 Å². The Labute approximate surface area is 349 Å². The number of carbonyl (C=O) groups excluding carboxylic acids is 3. The first kappa shape index (κ1) is 40.3. The van der Waals surface area contributed by atoms with Gasteiger partial charge in [0, 0.05) is 103 Å². The first-order chi connectivity index (χ1) is 28.2. The normalized spacial score (nSPS) is 22.1. The van der Waals surface area contributed by atoms with E-state index in [9.17, 15) is 24.4 Å². The molecular weight excluding hydrogens is 766 g/mol. The monoisotopic (exact) mass is 815 g/mol. The van der Waals surface area contributed by atoms with E-state index in [-0.39, 0.29) is 29.9 Å². The minimum Gasteiger partial charge on any atom is -0.488 e. The molecule has 3 aliphatic heterocycles. The topological polar surface area (TPSA) is 140 Å². The predicted octanol–water partition coefficient (Wildman–Crippen LogP) is 6.64. The molecule has 0 spiro atoms. The summed E-state index contributed by atoms with van der Waals surface area (Å²) in [6.45, 7) is 14.9. The molecule has 1 N–H and O–H groups in total. The van der Waals surface area contributed by atoms with Gasteiger partial charge in [0.25, 0.3) is 11.5 Å². The number of pyridine rings is 1. The highest BCUT2D eigenvalue weighted by atomic mass is 35.5. The number of imide groups is 1. The van der Waals surface area contributed by atoms with Crippen LogP contribution in [0.4, 0.5) is 11.4 Å². The zero-order valence-corrected chi connectivity index (χ0v) is 34.8. The molecule has 1 atom stereocenters. The Morgan fingerprint density at radius 2 is 1.54 bits per heavy atom. The number of hydrogen-bond donors (Lipinski definition) is 1. The van der Waals surface area contributed by atoms with Gasteiger partial charge < -0.3 is 19.1 Å². The number of hydrogen-bond acceptors (Lipinski definition) is 9. The lowest BCUT2D eigenvalue weighted by Gasteiger charge is -2.57. The number of piperazine rings is 1. The van der Waals surface area contributed by atoms with E-state index in [2.05, 4.69) is 37.1 Å². The molecule has 306 valence electrons. The van der Waals surface area contributed by atoms with Gasteiger partial charge in [-0.25, -0.2) is 4.99 Å². The van der Waals surface area contributed by atoms with Crippen molar-refractivity contribution in [2.24, 2.45) is 21.7 Å². The lowest BCUT2D eigenvalue weighted by Crippen LogP contribution is -2.67. The Morgan fingerprint density at radius 3 is 2.20 bits per heavy atom. The number of rotatable bonds is 8. The predicted molar refractivity (Wildman–Crippen MR) is 230 cm³/mol. The smallest absolute Gasteiger partial charge is 0.276 e. The van der Waals surface area contributed by atoms with Crippen molar-refractivity contribution < 1.29 is 19.1 Å². The van der Waals surface area contributed by atoms with Crippen LogP contribution in [0.2, 0.25) is 5.02 Å². The number of fused-ring (bicyclic) bond motifs is 1. The minimum absolute atomic E-state index is 0.218. The van der Waals surface area contributed by atoms with E-state index >= 15 is 0 Å². The minimum atomic E-state index is -0.672. The van der Waals surface area contributed by atoms with Gasteiger partial charge in [0.15, 0.2) is 0 Å². The Bertz CT molecular complexity index is 2420. The molecule has 8 rings (SSSR count). The molecule has 1 unspecified atom stereocenters. The van der Waals surface area contributed by atoms with Crippen molar-refractivity contribution in [2.75, 3.05) is 55.6 Å². The van der Waals surface area contributed by atoms with Crippen LogP contribution in [0.1, 0.15) is 75.3 Å². The fourth-order valence-electron chi connectivity index (χ4n) is 9.83. The molecule has 12 nitrogen and oxygen atoms in total. The third kappa shape index (κ3) is 7.86. The first-order valence-electron chi connectivity index (χ1n) is 20.5. The largest absolute Gasteiger partial charge is 0.488 e. The molecule has 3 amide bonds. The highest BCUT2D eigenvalue weighted by Crippen LogP contribution is 2.53. The summed E-state index contributed by atoms with van der Waals surface area (Å²) in [5, 5.41) is 13.3. The van der Waals surface area contributed by atoms with Gasteiger partial charge in [0.05, 0.1) is 10.6 Å². The summed E-state index contributed by atoms with van der Waals surface area (Å²) in [7, 11) is 0. The van der Waals surface area contributed by atoms with Crippen LogP contribution in [0.15, 0.2) is 82.7 Å². The highest BCUT2D eigenvalue weighted by Gasteiger charge is 2.61. The van der Waals surface area contributed by atoms with Gasteiger partial charge in [-0.1, -0.05) is 39.3 Å². The van der Waals surface area contributed by atoms with Gasteiger partial charge in [0.1, 0.15) is 24.0 Å². The fourth-order valence-corrected chi connectivity index (χ4v) is 10.0. The maximum Gasteiger partial charge on any atom is 0.276 e. The second kappa shape index (κ2) is 15.9. The van der Waals surface area contributed by atoms with Gasteiger partial charge in [0.2, 0.25) is 11.8 Å². The molecule has 4 aliphatic rings. The van der Waals surface area contributed by atoms with Crippen molar-refractivity contribution in [1.29, 1.82) is 5.26 Å². The Morgan fingerprint density at radius 1 is 0.864 bits per heavy atom. The summed E-state index contributed by atoms with van der Waals surface area (Å²) in [4.78, 5) is 62.7. The van der Waals surface area contributed by atoms with Crippen LogP contribution in [0.5, 0.6) is 5.75 Å². The number of piperidine rings is 2. The molecule has 4 aromatic rings. The molecule has 0 radical (unpaired) electrons. The van der Waals surface area contributed by atoms with Gasteiger partial charge in [-0.05, 0) is 91.2 Å². The fraction of sp³-hybridized carbons (Fsp3) is 0.435. The number of ether oxygens (including phenoxy) is 1. The standard InChI is InChI=1S/C46H50ClN7O5/c1-45(2)43(46(3,4)44(45)59-35-11-7-32(27-48)37(47)26-35)50-40(56)30-5-8-33(9-6-30)52-18-15-29(16-19-52)28-51-21-23-53(24-22-51)34-10-12-36-31(25-34)17-20-54(42(36)58)38-13-14-39(55)49-41(38)57/h5-12,17,20,25-26,29,38,44H,13-16,18-19,21-24,28H2,1-4H3,(H,49,55,57). The lowest BCUT2D eigenvalue weighted by atomic mass is 9.51. The Hall–Kier alpha value is -5.51. The van der Waals surface area contributed by atoms with Crippen LogP contribution in [-0.2, 0) is 9.59 Å². The summed E-state index contributed by atoms with van der Waals surface area (Å²) in [5.74, 6) is 0.215. The number of halogens is 1. The number of benzene rings is 3. The Kier molecular flexibility index (Phi) is 10.9. The van der Waals surface area contributed by atoms with Crippen LogP contribution >= 0.6 is 11.6 Å². The number of nitrogens with one attached hydrogen (secondary N) is 1. The van der Waals surface area contributed by atoms with Crippen LogP contribution in [-0.4, -0.2) is 84.8 Å². The van der Waals surface area contributed by atoms with Crippen molar-refractivity contribution in [1.82, 2.24) is 14.8 Å². The van der Waals surface area contributed by atoms with E-state index in [4.69, 9.17) is 16.3 Å². The number of amides is 3. The summed E-state index contributed by atoms with van der Waals surface area (Å²) >= 11 is 6.25. The number of carbonyl (C=O) groups is 3. The zero-order chi connectivity index (χ0) is 41.6. The molecule has 1 aliphatic carbocycles. The quantitative estimate of drug-likeness (QED) is 0.194. The van der Waals surface area contributed by atoms with Gasteiger partial charge in [-0.3, -0.25) is 29.4 Å². The maximum absolute atomic E-state index is 13.4. The average molecular weight is 816 g/mol. The zero-order valence-electron chi connectivity index (χ0n) is 34.0. The maximum atomic E-state index is 13.4. The SMILES string of the molecule is CC1(C)C(=NC(=O)c2ccc(N3CCC(CN4CCN(c5ccc6c(=O)n(C7CCC(=O)NC7=O)ccc6c5)CC4)CC3)cc2)C(C)(C)C1Oc1ccc(C#N)c(Cl)c1. The molecule has 4 fully saturated rings. The second-order valence-electron chi connectivity index (χ2n) is 17.5. The van der Waals surface area contributed by atoms with Gasteiger partial charge in [-0.2, -0.15) is 5.26 Å². The summed E-state index contributed by atoms with van der Waals surface area (Å²) in [6, 6.07) is 22.1. The lowest BCUT2D eigenvalue weighted by molar-refractivity contribution is -0.135. The average Bonchev–Trinajstić information content (AvgIpc) is 3.22. The van der Waals surface area contributed by atoms with Crippen molar-refractivity contribution >= 4 is 57.2 Å². The van der Waals surface area contributed by atoms with E-state index < -0.39 is 22.8 Å². The number of aliphatic imine (C=N–C) groups is 1. The Balaban J connectivity index is 0.808. The van der Waals surface area contributed by atoms with Crippen LogP contribution < -0.4 is 25.4 Å². The number of nitriles is 1. The number of anilines is 2. The van der Waals surface area contributed by atoms with Crippen molar-refractivity contribution in [3.05, 3.63) is 99.4 Å². The molecule has 4 heterocycles. The summed E-state index contributed by atoms with van der Waals surface area (Å²) in [6.07, 6.45) is 4.20. The molecule has 13 heteroatoms. The van der Waals surface area contributed by atoms with Gasteiger partial charge in [-0.15, -0.1) is 0 Å². The van der Waals surface area contributed by atoms with Gasteiger partial charge >= 0.3 is 0 Å². The molecule has 1 saturated carbocycles. The molecular formula is C46H50ClN7O5. The van der Waals surface area contributed by atoms with E-state index in [1.54, 1.807) is 24.4 Å². The molecule has 3 saturated heterocycles. The summed E-state index contributed by atoms with van der Waals surface area (Å²) in [5.41, 5.74) is 2.77. The summed E-state index contributed by atoms with van der Waals surface area (Å²) < 4.78 is 7.80. The first-order valence-corrected chi connectivity index (χ1v) is 20.9. The molecule has 3 aromatic carbocycles.